The number of aromatic hydroxyl groups is 1. The minimum absolute atomic E-state index is 0.0547. The van der Waals surface area contributed by atoms with Crippen molar-refractivity contribution in [3.8, 4) is 33.9 Å². The Bertz CT molecular complexity index is 1830. The van der Waals surface area contributed by atoms with Gasteiger partial charge in [0.25, 0.3) is 6.47 Å². The molecule has 0 fully saturated rings. The predicted octanol–water partition coefficient (Wildman–Crippen LogP) is 5.29. The van der Waals surface area contributed by atoms with Crippen LogP contribution in [0.15, 0.2) is 104 Å². The van der Waals surface area contributed by atoms with Crippen LogP contribution in [-0.4, -0.2) is 34.7 Å². The lowest BCUT2D eigenvalue weighted by Gasteiger charge is -2.17. The molecule has 5 rings (SSSR count). The van der Waals surface area contributed by atoms with E-state index in [1.807, 2.05) is 0 Å². The van der Waals surface area contributed by atoms with E-state index >= 15 is 0 Å². The average molecular weight is 552 g/mol. The normalized spacial score (nSPS) is 11.9. The number of hydrogen-bond acceptors (Lipinski definition) is 8. The smallest absolute Gasteiger partial charge is 0.360 e. The van der Waals surface area contributed by atoms with Gasteiger partial charge < -0.3 is 24.7 Å². The van der Waals surface area contributed by atoms with Gasteiger partial charge in [-0.15, -0.1) is 5.11 Å². The molecule has 0 saturated carbocycles. The molecular formula is C30H21N3O8. The van der Waals surface area contributed by atoms with Crippen molar-refractivity contribution in [3.05, 3.63) is 101 Å². The Balaban J connectivity index is 1.53. The maximum absolute atomic E-state index is 12.5. The predicted molar refractivity (Wildman–Crippen MR) is 148 cm³/mol. The molecule has 0 unspecified atom stereocenters. The molecule has 3 N–H and O–H groups in total. The number of azo groups is 1. The molecular weight excluding hydrogens is 530 g/mol. The van der Waals surface area contributed by atoms with Crippen molar-refractivity contribution in [2.75, 3.05) is 0 Å². The zero-order valence-electron chi connectivity index (χ0n) is 21.2. The highest BCUT2D eigenvalue weighted by molar-refractivity contribution is 6.04. The first-order chi connectivity index (χ1) is 19.8. The highest BCUT2D eigenvalue weighted by atomic mass is 16.5. The van der Waals surface area contributed by atoms with E-state index < -0.39 is 18.0 Å². The monoisotopic (exact) mass is 551 g/mol. The summed E-state index contributed by atoms with van der Waals surface area (Å²) in [6, 6.07) is 19.7. The highest BCUT2D eigenvalue weighted by Gasteiger charge is 2.22. The van der Waals surface area contributed by atoms with E-state index in [4.69, 9.17) is 9.15 Å². The average Bonchev–Trinajstić information content (AvgIpc) is 2.95. The third-order valence-electron chi connectivity index (χ3n) is 6.22. The first-order valence-electron chi connectivity index (χ1n) is 12.3. The van der Waals surface area contributed by atoms with Gasteiger partial charge in [0.15, 0.2) is 5.43 Å². The van der Waals surface area contributed by atoms with Crippen molar-refractivity contribution in [3.63, 3.8) is 0 Å². The van der Waals surface area contributed by atoms with Crippen molar-refractivity contribution >= 4 is 35.1 Å². The molecule has 0 bridgehead atoms. The van der Waals surface area contributed by atoms with Gasteiger partial charge in [0.1, 0.15) is 28.9 Å². The van der Waals surface area contributed by atoms with Crippen LogP contribution in [0, 0.1) is 0 Å². The molecule has 1 aliphatic carbocycles. The number of carbonyl (C=O) groups excluding carboxylic acids is 2. The van der Waals surface area contributed by atoms with Crippen molar-refractivity contribution < 1.29 is 33.8 Å². The maximum atomic E-state index is 12.5. The lowest BCUT2D eigenvalue weighted by molar-refractivity contribution is -0.139. The molecule has 11 heteroatoms. The number of aliphatic carboxylic acids is 1. The van der Waals surface area contributed by atoms with E-state index in [-0.39, 0.29) is 46.9 Å². The van der Waals surface area contributed by atoms with Crippen molar-refractivity contribution in [1.82, 2.24) is 5.32 Å². The maximum Gasteiger partial charge on any atom is 0.360 e. The van der Waals surface area contributed by atoms with Gasteiger partial charge in [0.2, 0.25) is 0 Å². The van der Waals surface area contributed by atoms with Crippen molar-refractivity contribution in [1.29, 1.82) is 0 Å². The lowest BCUT2D eigenvalue weighted by Crippen LogP contribution is -2.40. The van der Waals surface area contributed by atoms with Gasteiger partial charge in [-0.05, 0) is 48.0 Å². The number of nitrogens with zero attached hydrogens (tertiary/aromatic N) is 2. The Morgan fingerprint density at radius 1 is 0.976 bits per heavy atom. The zero-order valence-corrected chi connectivity index (χ0v) is 21.2. The largest absolute Gasteiger partial charge is 0.508 e. The van der Waals surface area contributed by atoms with E-state index in [1.165, 1.54) is 42.5 Å². The molecule has 3 aromatic carbocycles. The fourth-order valence-corrected chi connectivity index (χ4v) is 4.41. The summed E-state index contributed by atoms with van der Waals surface area (Å²) in [6.45, 7) is 0.255. The van der Waals surface area contributed by atoms with Crippen LogP contribution in [0.5, 0.6) is 11.5 Å². The number of phenolic OH excluding ortho intramolecular Hbond substituents is 1. The number of hydrogen-bond donors (Lipinski definition) is 3. The number of carbonyl (C=O) groups is 3. The van der Waals surface area contributed by atoms with Crippen molar-refractivity contribution in [2.24, 2.45) is 10.2 Å². The van der Waals surface area contributed by atoms with Crippen molar-refractivity contribution in [2.45, 2.75) is 12.5 Å². The first kappa shape index (κ1) is 26.8. The number of carboxylic acid groups (broad SMARTS) is 1. The zero-order chi connectivity index (χ0) is 28.9. The molecule has 1 heterocycles. The molecule has 41 heavy (non-hydrogen) atoms. The number of nitrogens with one attached hydrogen (secondary N) is 1. The number of rotatable bonds is 8. The summed E-state index contributed by atoms with van der Waals surface area (Å²) in [6.07, 6.45) is 0.0547. The Morgan fingerprint density at radius 3 is 2.54 bits per heavy atom. The number of ether oxygens (including phenoxy) is 1. The number of carboxylic acids is 1. The van der Waals surface area contributed by atoms with Crippen LogP contribution in [0.4, 0.5) is 10.5 Å². The molecule has 3 aromatic rings. The van der Waals surface area contributed by atoms with Crippen LogP contribution < -0.4 is 15.5 Å². The second-order valence-electron chi connectivity index (χ2n) is 8.94. The van der Waals surface area contributed by atoms with Gasteiger partial charge in [-0.1, -0.05) is 35.4 Å². The van der Waals surface area contributed by atoms with Gasteiger partial charge in [-0.25, -0.2) is 9.59 Å². The van der Waals surface area contributed by atoms with E-state index in [2.05, 4.69) is 15.5 Å². The Morgan fingerprint density at radius 2 is 1.78 bits per heavy atom. The Kier molecular flexibility index (Phi) is 7.50. The number of amides is 2. The third kappa shape index (κ3) is 5.93. The van der Waals surface area contributed by atoms with Crippen LogP contribution in [0.1, 0.15) is 5.56 Å². The molecule has 2 amide bonds. The number of urea groups is 1. The molecule has 0 radical (unpaired) electrons. The summed E-state index contributed by atoms with van der Waals surface area (Å²) >= 11 is 0. The Labute approximate surface area is 231 Å². The fourth-order valence-electron chi connectivity index (χ4n) is 4.41. The summed E-state index contributed by atoms with van der Waals surface area (Å²) in [5.74, 6) is -0.914. The van der Waals surface area contributed by atoms with E-state index in [9.17, 15) is 29.4 Å². The molecule has 2 aliphatic rings. The fraction of sp³-hybridized carbons (Fsp3) is 0.0667. The first-order valence-corrected chi connectivity index (χ1v) is 12.3. The van der Waals surface area contributed by atoms with Crippen LogP contribution in [-0.2, 0) is 16.0 Å². The summed E-state index contributed by atoms with van der Waals surface area (Å²) in [5.41, 5.74) is 2.25. The number of fused-ring (bicyclic) bond motifs is 2. The molecule has 0 saturated heterocycles. The molecule has 1 atom stereocenters. The topological polar surface area (TPSA) is 168 Å². The summed E-state index contributed by atoms with van der Waals surface area (Å²) in [5, 5.41) is 30.0. The van der Waals surface area contributed by atoms with Crippen LogP contribution in [0.3, 0.4) is 0 Å². The van der Waals surface area contributed by atoms with Crippen LogP contribution >= 0.6 is 0 Å². The second-order valence-corrected chi connectivity index (χ2v) is 8.94. The van der Waals surface area contributed by atoms with Crippen LogP contribution in [0.25, 0.3) is 33.4 Å². The second kappa shape index (κ2) is 11.5. The third-order valence-corrected chi connectivity index (χ3v) is 6.22. The highest BCUT2D eigenvalue weighted by Crippen LogP contribution is 2.45. The van der Waals surface area contributed by atoms with Gasteiger partial charge in [-0.2, -0.15) is 0 Å². The SMILES string of the molecule is O=COc1ccc(N=NC(=O)N[C@@H](Cc2ccccc2)C(=O)O)cc1-c1c2ccc(=O)cc-2oc2cc(O)ccc12. The number of phenols is 1. The van der Waals surface area contributed by atoms with Gasteiger partial charge in [0, 0.05) is 40.6 Å². The molecule has 0 aromatic heterocycles. The van der Waals surface area contributed by atoms with Gasteiger partial charge in [-0.3, -0.25) is 9.59 Å². The van der Waals surface area contributed by atoms with E-state index in [0.717, 1.165) is 5.56 Å². The summed E-state index contributed by atoms with van der Waals surface area (Å²) in [4.78, 5) is 47.5. The Hall–Kier alpha value is -5.84. The lowest BCUT2D eigenvalue weighted by atomic mass is 9.93. The minimum Gasteiger partial charge on any atom is -0.508 e. The van der Waals surface area contributed by atoms with E-state index in [0.29, 0.717) is 22.1 Å². The standard InChI is InChI=1S/C30H21N3O8/c34-16-40-25-11-6-18(32-33-30(39)31-24(29(37)38)12-17-4-2-1-3-5-17)13-23(25)28-21-9-7-19(35)14-26(21)41-27-15-20(36)8-10-22(27)28/h1-11,13-16,24,35H,12H2,(H,31,39)(H,37,38)/t24-/m0/s1. The number of benzene rings is 4. The quantitative estimate of drug-likeness (QED) is 0.133. The van der Waals surface area contributed by atoms with Gasteiger partial charge in [0.05, 0.1) is 5.69 Å². The molecule has 0 spiro atoms. The molecule has 204 valence electrons. The van der Waals surface area contributed by atoms with E-state index in [1.54, 1.807) is 42.5 Å². The van der Waals surface area contributed by atoms with Gasteiger partial charge >= 0.3 is 12.0 Å². The van der Waals surface area contributed by atoms with Crippen LogP contribution in [0.2, 0.25) is 0 Å². The molecule has 1 aliphatic heterocycles. The summed E-state index contributed by atoms with van der Waals surface area (Å²) in [7, 11) is 0. The summed E-state index contributed by atoms with van der Waals surface area (Å²) < 4.78 is 11.1. The minimum atomic E-state index is -1.23. The molecule has 11 nitrogen and oxygen atoms in total.